The van der Waals surface area contributed by atoms with Gasteiger partial charge in [-0.05, 0) is 36.1 Å². The Morgan fingerprint density at radius 3 is 2.53 bits per heavy atom. The molecule has 0 radical (unpaired) electrons. The number of carboxylic acids is 1. The molecule has 36 heavy (non-hydrogen) atoms. The van der Waals surface area contributed by atoms with E-state index in [9.17, 15) is 24.3 Å². The number of benzene rings is 1. The van der Waals surface area contributed by atoms with Crippen molar-refractivity contribution in [3.05, 3.63) is 35.4 Å². The summed E-state index contributed by atoms with van der Waals surface area (Å²) in [4.78, 5) is 51.7. The fourth-order valence-electron chi connectivity index (χ4n) is 5.08. The molecule has 2 aliphatic heterocycles. The van der Waals surface area contributed by atoms with Gasteiger partial charge in [0.15, 0.2) is 11.6 Å². The first-order valence-corrected chi connectivity index (χ1v) is 14.0. The van der Waals surface area contributed by atoms with E-state index in [-0.39, 0.29) is 35.6 Å². The number of carboxylic acid groups (broad SMARTS) is 1. The average Bonchev–Trinajstić information content (AvgIpc) is 3.32. The molecule has 2 unspecified atom stereocenters. The van der Waals surface area contributed by atoms with E-state index < -0.39 is 42.1 Å². The number of aliphatic carboxylic acids is 1. The van der Waals surface area contributed by atoms with Crippen LogP contribution in [0, 0.1) is 11.8 Å². The van der Waals surface area contributed by atoms with Gasteiger partial charge in [-0.2, -0.15) is 11.8 Å². The number of ketones is 2. The van der Waals surface area contributed by atoms with Crippen molar-refractivity contribution >= 4 is 35.2 Å². The highest BCUT2D eigenvalue weighted by Crippen LogP contribution is 2.29. The summed E-state index contributed by atoms with van der Waals surface area (Å²) in [6, 6.07) is 3.33. The Hall–Kier alpha value is -2.27. The summed E-state index contributed by atoms with van der Waals surface area (Å²) < 4.78 is 0. The zero-order chi connectivity index (χ0) is 26.4. The molecule has 0 bridgehead atoms. The van der Waals surface area contributed by atoms with Gasteiger partial charge in [-0.25, -0.2) is 0 Å². The Morgan fingerprint density at radius 1 is 1.19 bits per heavy atom. The SMILES string of the molecule is CC[C@H](C)[C@H](N)C(N[C@H](C(=O)O)[C@H](CSC)C(=O)C1NCCc2ccccc21)C(=O)[C@@H]1CCC(=O)N1. The number of hydrogen-bond acceptors (Lipinski definition) is 8. The second kappa shape index (κ2) is 12.8. The lowest BCUT2D eigenvalue weighted by molar-refractivity contribution is -0.144. The molecule has 1 amide bonds. The van der Waals surface area contributed by atoms with Crippen molar-refractivity contribution in [3.8, 4) is 0 Å². The minimum Gasteiger partial charge on any atom is -0.480 e. The molecule has 0 aromatic heterocycles. The minimum atomic E-state index is -1.32. The standard InChI is InChI=1S/C26H38N4O5S/c1-4-14(2)20(27)23(25(33)18-9-10-19(31)29-18)30-22(26(34)35)17(13-36-3)24(32)21-16-8-6-5-7-15(16)11-12-28-21/h5-8,14,17-18,20-23,28,30H,4,9-13,27H2,1-3H3,(H,29,31)(H,34,35)/t14-,17-,18-,20-,21?,22-,23?/m0/s1. The summed E-state index contributed by atoms with van der Waals surface area (Å²) >= 11 is 1.38. The molecular weight excluding hydrogens is 480 g/mol. The summed E-state index contributed by atoms with van der Waals surface area (Å²) in [6.45, 7) is 4.47. The van der Waals surface area contributed by atoms with Crippen LogP contribution in [-0.4, -0.2) is 71.3 Å². The lowest BCUT2D eigenvalue weighted by atomic mass is 9.83. The normalized spacial score (nSPS) is 23.6. The third kappa shape index (κ3) is 6.34. The van der Waals surface area contributed by atoms with Gasteiger partial charge in [0.1, 0.15) is 6.04 Å². The van der Waals surface area contributed by atoms with Crippen LogP contribution in [0.2, 0.25) is 0 Å². The fraction of sp³-hybridized carbons (Fsp3) is 0.615. The van der Waals surface area contributed by atoms with Crippen LogP contribution in [0.3, 0.4) is 0 Å². The Balaban J connectivity index is 1.92. The van der Waals surface area contributed by atoms with E-state index in [0.29, 0.717) is 19.4 Å². The van der Waals surface area contributed by atoms with E-state index in [1.165, 1.54) is 11.8 Å². The molecule has 198 valence electrons. The van der Waals surface area contributed by atoms with E-state index in [0.717, 1.165) is 17.5 Å². The maximum atomic E-state index is 13.9. The number of Topliss-reactive ketones (excluding diaryl/α,β-unsaturated/α-hetero) is 2. The first-order chi connectivity index (χ1) is 17.2. The van der Waals surface area contributed by atoms with E-state index in [1.54, 1.807) is 0 Å². The molecule has 1 saturated heterocycles. The van der Waals surface area contributed by atoms with Crippen molar-refractivity contribution in [2.75, 3.05) is 18.6 Å². The number of carbonyl (C=O) groups is 4. The van der Waals surface area contributed by atoms with Crippen LogP contribution in [0.25, 0.3) is 0 Å². The predicted octanol–water partition coefficient (Wildman–Crippen LogP) is 1.05. The molecule has 2 heterocycles. The molecule has 7 atom stereocenters. The third-order valence-electron chi connectivity index (χ3n) is 7.46. The number of hydrogen-bond donors (Lipinski definition) is 5. The highest BCUT2D eigenvalue weighted by molar-refractivity contribution is 7.98. The first kappa shape index (κ1) is 28.3. The Bertz CT molecular complexity index is 973. The van der Waals surface area contributed by atoms with Crippen molar-refractivity contribution in [3.63, 3.8) is 0 Å². The summed E-state index contributed by atoms with van der Waals surface area (Å²) in [5.74, 6) is -2.71. The van der Waals surface area contributed by atoms with Crippen LogP contribution in [0.15, 0.2) is 24.3 Å². The molecule has 6 N–H and O–H groups in total. The van der Waals surface area contributed by atoms with Crippen molar-refractivity contribution in [2.45, 2.75) is 69.7 Å². The first-order valence-electron chi connectivity index (χ1n) is 12.6. The number of rotatable bonds is 13. The lowest BCUT2D eigenvalue weighted by Gasteiger charge is -2.35. The van der Waals surface area contributed by atoms with E-state index >= 15 is 0 Å². The van der Waals surface area contributed by atoms with Gasteiger partial charge < -0.3 is 21.5 Å². The van der Waals surface area contributed by atoms with Crippen LogP contribution in [0.5, 0.6) is 0 Å². The van der Waals surface area contributed by atoms with E-state index in [2.05, 4.69) is 16.0 Å². The van der Waals surface area contributed by atoms with Crippen LogP contribution in [-0.2, 0) is 25.6 Å². The van der Waals surface area contributed by atoms with Gasteiger partial charge in [0.05, 0.1) is 24.0 Å². The number of thioether (sulfide) groups is 1. The number of fused-ring (bicyclic) bond motifs is 1. The quantitative estimate of drug-likeness (QED) is 0.258. The van der Waals surface area contributed by atoms with Gasteiger partial charge in [-0.15, -0.1) is 0 Å². The van der Waals surface area contributed by atoms with Gasteiger partial charge in [-0.3, -0.25) is 24.5 Å². The van der Waals surface area contributed by atoms with Gasteiger partial charge in [-0.1, -0.05) is 44.5 Å². The maximum Gasteiger partial charge on any atom is 0.321 e. The fourth-order valence-corrected chi connectivity index (χ4v) is 5.79. The highest BCUT2D eigenvalue weighted by atomic mass is 32.2. The molecule has 0 spiro atoms. The molecule has 0 aliphatic carbocycles. The van der Waals surface area contributed by atoms with Crippen molar-refractivity contribution in [2.24, 2.45) is 17.6 Å². The molecule has 3 rings (SSSR count). The van der Waals surface area contributed by atoms with Gasteiger partial charge in [0, 0.05) is 24.8 Å². The zero-order valence-corrected chi connectivity index (χ0v) is 22.0. The summed E-state index contributed by atoms with van der Waals surface area (Å²) in [7, 11) is 0. The molecule has 1 fully saturated rings. The predicted molar refractivity (Wildman–Crippen MR) is 140 cm³/mol. The van der Waals surface area contributed by atoms with Gasteiger partial charge >= 0.3 is 5.97 Å². The average molecular weight is 519 g/mol. The zero-order valence-electron chi connectivity index (χ0n) is 21.2. The Morgan fingerprint density at radius 2 is 1.92 bits per heavy atom. The van der Waals surface area contributed by atoms with Crippen molar-refractivity contribution < 1.29 is 24.3 Å². The summed E-state index contributed by atoms with van der Waals surface area (Å²) in [6.07, 6.45) is 3.89. The molecule has 0 saturated carbocycles. The van der Waals surface area contributed by atoms with Gasteiger partial charge in [0.25, 0.3) is 0 Å². The Kier molecular flexibility index (Phi) is 10.1. The molecule has 1 aromatic rings. The number of amides is 1. The number of nitrogens with two attached hydrogens (primary N) is 1. The minimum absolute atomic E-state index is 0.0837. The molecular formula is C26H38N4O5S. The van der Waals surface area contributed by atoms with Gasteiger partial charge in [0.2, 0.25) is 5.91 Å². The summed E-state index contributed by atoms with van der Waals surface area (Å²) in [5.41, 5.74) is 8.42. The molecule has 1 aromatic carbocycles. The third-order valence-corrected chi connectivity index (χ3v) is 8.16. The van der Waals surface area contributed by atoms with E-state index in [1.807, 2.05) is 44.4 Å². The van der Waals surface area contributed by atoms with Crippen LogP contribution in [0.1, 0.15) is 50.3 Å². The lowest BCUT2D eigenvalue weighted by Crippen LogP contribution is -2.63. The van der Waals surface area contributed by atoms with Crippen molar-refractivity contribution in [1.29, 1.82) is 0 Å². The topological polar surface area (TPSA) is 151 Å². The molecule has 9 nitrogen and oxygen atoms in total. The van der Waals surface area contributed by atoms with E-state index in [4.69, 9.17) is 5.73 Å². The second-order valence-electron chi connectivity index (χ2n) is 9.78. The Labute approximate surface area is 216 Å². The highest BCUT2D eigenvalue weighted by Gasteiger charge is 2.44. The molecule has 2 aliphatic rings. The molecule has 10 heteroatoms. The smallest absolute Gasteiger partial charge is 0.321 e. The maximum absolute atomic E-state index is 13.9. The van der Waals surface area contributed by atoms with Crippen LogP contribution < -0.4 is 21.7 Å². The monoisotopic (exact) mass is 518 g/mol. The largest absolute Gasteiger partial charge is 0.480 e. The van der Waals surface area contributed by atoms with Crippen LogP contribution >= 0.6 is 11.8 Å². The number of carbonyl (C=O) groups excluding carboxylic acids is 3. The second-order valence-corrected chi connectivity index (χ2v) is 10.7. The summed E-state index contributed by atoms with van der Waals surface area (Å²) in [5, 5.41) is 19.2. The van der Waals surface area contributed by atoms with Crippen molar-refractivity contribution in [1.82, 2.24) is 16.0 Å². The van der Waals surface area contributed by atoms with Crippen LogP contribution in [0.4, 0.5) is 0 Å². The number of nitrogens with one attached hydrogen (secondary N) is 3.